The zero-order valence-electron chi connectivity index (χ0n) is 9.64. The van der Waals surface area contributed by atoms with Crippen molar-refractivity contribution >= 4 is 0 Å². The van der Waals surface area contributed by atoms with Crippen molar-refractivity contribution in [3.8, 4) is 5.88 Å². The van der Waals surface area contributed by atoms with E-state index < -0.39 is 0 Å². The monoisotopic (exact) mass is 223 g/mol. The molecule has 0 bridgehead atoms. The molecule has 0 amide bonds. The highest BCUT2D eigenvalue weighted by atomic mass is 16.6. The summed E-state index contributed by atoms with van der Waals surface area (Å²) in [6.45, 7) is 6.20. The van der Waals surface area contributed by atoms with Crippen LogP contribution < -0.4 is 10.1 Å². The molecule has 0 aromatic carbocycles. The number of nitrogens with zero attached hydrogens (tertiary/aromatic N) is 2. The van der Waals surface area contributed by atoms with Gasteiger partial charge in [-0.1, -0.05) is 13.8 Å². The highest BCUT2D eigenvalue weighted by Gasteiger charge is 2.20. The lowest BCUT2D eigenvalue weighted by Crippen LogP contribution is -2.38. The maximum Gasteiger partial charge on any atom is 0.233 e. The third-order valence-electron chi connectivity index (χ3n) is 2.25. The van der Waals surface area contributed by atoms with Crippen LogP contribution in [-0.4, -0.2) is 35.3 Å². The Bertz CT molecular complexity index is 340. The molecular formula is C11H17N3O2. The van der Waals surface area contributed by atoms with E-state index in [0.29, 0.717) is 31.7 Å². The van der Waals surface area contributed by atoms with Crippen LogP contribution in [0.25, 0.3) is 0 Å². The van der Waals surface area contributed by atoms with E-state index in [4.69, 9.17) is 9.47 Å². The van der Waals surface area contributed by atoms with E-state index in [2.05, 4.69) is 29.1 Å². The summed E-state index contributed by atoms with van der Waals surface area (Å²) < 4.78 is 10.6. The molecule has 1 saturated heterocycles. The molecule has 16 heavy (non-hydrogen) atoms. The van der Waals surface area contributed by atoms with E-state index in [1.165, 1.54) is 0 Å². The summed E-state index contributed by atoms with van der Waals surface area (Å²) >= 11 is 0. The van der Waals surface area contributed by atoms with Gasteiger partial charge in [0.25, 0.3) is 0 Å². The first-order valence-electron chi connectivity index (χ1n) is 5.53. The molecule has 1 aliphatic heterocycles. The van der Waals surface area contributed by atoms with Gasteiger partial charge in [0.05, 0.1) is 25.1 Å². The van der Waals surface area contributed by atoms with Crippen LogP contribution >= 0.6 is 0 Å². The number of rotatable bonds is 5. The normalized spacial score (nSPS) is 16.2. The maximum atomic E-state index is 5.57. The average Bonchev–Trinajstić information content (AvgIpc) is 2.21. The summed E-state index contributed by atoms with van der Waals surface area (Å²) in [6, 6.07) is 0.436. The number of hydrogen-bond donors (Lipinski definition) is 1. The standard InChI is InChI=1S/C11H17N3O2/c1-8(2)13-4-9-3-12-5-11(14-9)16-10-6-15-7-10/h3,5,8,10,13H,4,6-7H2,1-2H3. The van der Waals surface area contributed by atoms with Gasteiger partial charge < -0.3 is 14.8 Å². The Hall–Kier alpha value is -1.20. The van der Waals surface area contributed by atoms with Gasteiger partial charge in [-0.15, -0.1) is 0 Å². The van der Waals surface area contributed by atoms with Gasteiger partial charge in [0.1, 0.15) is 6.10 Å². The molecule has 2 heterocycles. The van der Waals surface area contributed by atoms with Crippen LogP contribution in [-0.2, 0) is 11.3 Å². The number of ether oxygens (including phenoxy) is 2. The summed E-state index contributed by atoms with van der Waals surface area (Å²) in [5.74, 6) is 0.580. The highest BCUT2D eigenvalue weighted by molar-refractivity contribution is 5.09. The van der Waals surface area contributed by atoms with E-state index >= 15 is 0 Å². The van der Waals surface area contributed by atoms with Gasteiger partial charge >= 0.3 is 0 Å². The molecule has 1 fully saturated rings. The summed E-state index contributed by atoms with van der Waals surface area (Å²) in [5.41, 5.74) is 0.895. The number of aromatic nitrogens is 2. The molecule has 1 aliphatic rings. The molecule has 88 valence electrons. The number of nitrogens with one attached hydrogen (secondary N) is 1. The van der Waals surface area contributed by atoms with Gasteiger partial charge in [-0.2, -0.15) is 0 Å². The maximum absolute atomic E-state index is 5.57. The second kappa shape index (κ2) is 5.23. The zero-order valence-corrected chi connectivity index (χ0v) is 9.64. The molecular weight excluding hydrogens is 206 g/mol. The van der Waals surface area contributed by atoms with E-state index in [0.717, 1.165) is 5.69 Å². The quantitative estimate of drug-likeness (QED) is 0.798. The van der Waals surface area contributed by atoms with Gasteiger partial charge in [0, 0.05) is 18.8 Å². The van der Waals surface area contributed by atoms with E-state index in [1.54, 1.807) is 12.4 Å². The fourth-order valence-electron chi connectivity index (χ4n) is 1.29. The third-order valence-corrected chi connectivity index (χ3v) is 2.25. The lowest BCUT2D eigenvalue weighted by atomic mass is 10.3. The van der Waals surface area contributed by atoms with Crippen LogP contribution in [0.1, 0.15) is 19.5 Å². The first kappa shape index (κ1) is 11.3. The van der Waals surface area contributed by atoms with Crippen molar-refractivity contribution in [2.75, 3.05) is 13.2 Å². The van der Waals surface area contributed by atoms with Crippen LogP contribution in [0.15, 0.2) is 12.4 Å². The minimum absolute atomic E-state index is 0.141. The summed E-state index contributed by atoms with van der Waals surface area (Å²) in [7, 11) is 0. The van der Waals surface area contributed by atoms with E-state index in [-0.39, 0.29) is 6.10 Å². The Morgan fingerprint density at radius 1 is 1.50 bits per heavy atom. The third kappa shape index (κ3) is 3.15. The Morgan fingerprint density at radius 3 is 2.94 bits per heavy atom. The van der Waals surface area contributed by atoms with Crippen molar-refractivity contribution in [2.45, 2.75) is 32.5 Å². The predicted molar refractivity (Wildman–Crippen MR) is 59.2 cm³/mol. The Balaban J connectivity index is 1.90. The summed E-state index contributed by atoms with van der Waals surface area (Å²) in [5, 5.41) is 3.29. The van der Waals surface area contributed by atoms with Crippen LogP contribution in [0.3, 0.4) is 0 Å². The second-order valence-electron chi connectivity index (χ2n) is 4.16. The summed E-state index contributed by atoms with van der Waals surface area (Å²) in [4.78, 5) is 8.47. The van der Waals surface area contributed by atoms with Crippen molar-refractivity contribution in [1.29, 1.82) is 0 Å². The van der Waals surface area contributed by atoms with Gasteiger partial charge in [0.15, 0.2) is 0 Å². The molecule has 0 spiro atoms. The van der Waals surface area contributed by atoms with Crippen molar-refractivity contribution in [3.63, 3.8) is 0 Å². The SMILES string of the molecule is CC(C)NCc1cncc(OC2COC2)n1. The molecule has 0 radical (unpaired) electrons. The molecule has 5 heteroatoms. The smallest absolute Gasteiger partial charge is 0.233 e. The van der Waals surface area contributed by atoms with Crippen LogP contribution in [0.2, 0.25) is 0 Å². The molecule has 5 nitrogen and oxygen atoms in total. The zero-order chi connectivity index (χ0) is 11.4. The van der Waals surface area contributed by atoms with Gasteiger partial charge in [-0.05, 0) is 0 Å². The lowest BCUT2D eigenvalue weighted by molar-refractivity contribution is -0.0815. The molecule has 1 aromatic rings. The van der Waals surface area contributed by atoms with Crippen LogP contribution in [0.5, 0.6) is 5.88 Å². The lowest BCUT2D eigenvalue weighted by Gasteiger charge is -2.26. The first-order chi connectivity index (χ1) is 7.74. The van der Waals surface area contributed by atoms with Crippen molar-refractivity contribution in [1.82, 2.24) is 15.3 Å². The summed E-state index contributed by atoms with van der Waals surface area (Å²) in [6.07, 6.45) is 3.53. The fraction of sp³-hybridized carbons (Fsp3) is 0.636. The van der Waals surface area contributed by atoms with Crippen molar-refractivity contribution in [3.05, 3.63) is 18.1 Å². The largest absolute Gasteiger partial charge is 0.468 e. The Kier molecular flexibility index (Phi) is 3.69. The first-order valence-corrected chi connectivity index (χ1v) is 5.53. The van der Waals surface area contributed by atoms with Gasteiger partial charge in [-0.25, -0.2) is 4.98 Å². The molecule has 0 atom stereocenters. The molecule has 1 N–H and O–H groups in total. The fourth-order valence-corrected chi connectivity index (χ4v) is 1.29. The molecule has 0 aliphatic carbocycles. The minimum atomic E-state index is 0.141. The van der Waals surface area contributed by atoms with Crippen LogP contribution in [0, 0.1) is 0 Å². The van der Waals surface area contributed by atoms with Gasteiger partial charge in [-0.3, -0.25) is 4.98 Å². The van der Waals surface area contributed by atoms with Crippen molar-refractivity contribution < 1.29 is 9.47 Å². The Labute approximate surface area is 95.2 Å². The molecule has 1 aromatic heterocycles. The topological polar surface area (TPSA) is 56.3 Å². The van der Waals surface area contributed by atoms with Crippen molar-refractivity contribution in [2.24, 2.45) is 0 Å². The molecule has 0 unspecified atom stereocenters. The van der Waals surface area contributed by atoms with E-state index in [9.17, 15) is 0 Å². The highest BCUT2D eigenvalue weighted by Crippen LogP contribution is 2.12. The Morgan fingerprint density at radius 2 is 2.31 bits per heavy atom. The van der Waals surface area contributed by atoms with Crippen LogP contribution in [0.4, 0.5) is 0 Å². The van der Waals surface area contributed by atoms with E-state index in [1.807, 2.05) is 0 Å². The second-order valence-corrected chi connectivity index (χ2v) is 4.16. The molecule has 2 rings (SSSR count). The average molecular weight is 223 g/mol. The predicted octanol–water partition coefficient (Wildman–Crippen LogP) is 0.752. The van der Waals surface area contributed by atoms with Gasteiger partial charge in [0.2, 0.25) is 5.88 Å². The number of hydrogen-bond acceptors (Lipinski definition) is 5. The minimum Gasteiger partial charge on any atom is -0.468 e. The molecule has 0 saturated carbocycles.